The van der Waals surface area contributed by atoms with Gasteiger partial charge in [-0.05, 0) is 42.5 Å². The lowest BCUT2D eigenvalue weighted by molar-refractivity contribution is 0.483. The van der Waals surface area contributed by atoms with Gasteiger partial charge in [0.25, 0.3) is 0 Å². The van der Waals surface area contributed by atoms with Gasteiger partial charge >= 0.3 is 0 Å². The molecular formula is C23H16N4OS. The number of nitrogens with one attached hydrogen (secondary N) is 1. The van der Waals surface area contributed by atoms with Crippen LogP contribution in [0.2, 0.25) is 0 Å². The molecule has 0 spiro atoms. The van der Waals surface area contributed by atoms with Crippen molar-refractivity contribution in [1.29, 1.82) is 0 Å². The summed E-state index contributed by atoms with van der Waals surface area (Å²) in [5.41, 5.74) is 2.62. The van der Waals surface area contributed by atoms with Crippen LogP contribution < -0.4 is 10.1 Å². The summed E-state index contributed by atoms with van der Waals surface area (Å²) in [5.74, 6) is 2.04. The Morgan fingerprint density at radius 2 is 1.59 bits per heavy atom. The van der Waals surface area contributed by atoms with Gasteiger partial charge in [-0.3, -0.25) is 0 Å². The molecule has 0 aliphatic rings. The number of fused-ring (bicyclic) bond motifs is 1. The average molecular weight is 396 g/mol. The van der Waals surface area contributed by atoms with Crippen LogP contribution in [0.4, 0.5) is 11.6 Å². The summed E-state index contributed by atoms with van der Waals surface area (Å²) in [6, 6.07) is 27.3. The SMILES string of the molecule is c1ccc(Oc2cccc(Nc3nccc(-c4nc5ccccc5s4)n3)c2)cc1. The quantitative estimate of drug-likeness (QED) is 0.378. The van der Waals surface area contributed by atoms with Gasteiger partial charge in [0.1, 0.15) is 22.2 Å². The van der Waals surface area contributed by atoms with Gasteiger partial charge in [-0.2, -0.15) is 0 Å². The Balaban J connectivity index is 1.38. The Morgan fingerprint density at radius 1 is 0.759 bits per heavy atom. The van der Waals surface area contributed by atoms with E-state index >= 15 is 0 Å². The van der Waals surface area contributed by atoms with Crippen LogP contribution in [0.5, 0.6) is 11.5 Å². The minimum Gasteiger partial charge on any atom is -0.457 e. The zero-order chi connectivity index (χ0) is 19.5. The van der Waals surface area contributed by atoms with Gasteiger partial charge in [0.2, 0.25) is 5.95 Å². The number of thiazole rings is 1. The topological polar surface area (TPSA) is 59.9 Å². The van der Waals surface area contributed by atoms with Crippen molar-refractivity contribution in [3.8, 4) is 22.2 Å². The molecule has 0 bridgehead atoms. The summed E-state index contributed by atoms with van der Waals surface area (Å²) in [5, 5.41) is 4.12. The summed E-state index contributed by atoms with van der Waals surface area (Å²) < 4.78 is 7.03. The number of rotatable bonds is 5. The number of anilines is 2. The molecule has 140 valence electrons. The Labute approximate surface area is 171 Å². The van der Waals surface area contributed by atoms with Gasteiger partial charge in [-0.1, -0.05) is 36.4 Å². The van der Waals surface area contributed by atoms with Crippen molar-refractivity contribution in [3.63, 3.8) is 0 Å². The van der Waals surface area contributed by atoms with Crippen molar-refractivity contribution in [2.75, 3.05) is 5.32 Å². The lowest BCUT2D eigenvalue weighted by Crippen LogP contribution is -1.98. The summed E-state index contributed by atoms with van der Waals surface area (Å²) in [6.45, 7) is 0. The summed E-state index contributed by atoms with van der Waals surface area (Å²) in [4.78, 5) is 13.6. The number of nitrogens with zero attached hydrogens (tertiary/aromatic N) is 3. The Kier molecular flexibility index (Phi) is 4.60. The maximum Gasteiger partial charge on any atom is 0.227 e. The molecule has 0 saturated carbocycles. The smallest absolute Gasteiger partial charge is 0.227 e. The number of aromatic nitrogens is 3. The van der Waals surface area contributed by atoms with E-state index in [1.165, 1.54) is 0 Å². The second-order valence-corrected chi connectivity index (χ2v) is 7.35. The monoisotopic (exact) mass is 396 g/mol. The van der Waals surface area contributed by atoms with Crippen molar-refractivity contribution in [2.24, 2.45) is 0 Å². The van der Waals surface area contributed by atoms with Crippen molar-refractivity contribution in [1.82, 2.24) is 15.0 Å². The van der Waals surface area contributed by atoms with Gasteiger partial charge in [-0.25, -0.2) is 15.0 Å². The summed E-state index contributed by atoms with van der Waals surface area (Å²) in [7, 11) is 0. The lowest BCUT2D eigenvalue weighted by Gasteiger charge is -2.09. The number of hydrogen-bond donors (Lipinski definition) is 1. The molecule has 5 aromatic rings. The van der Waals surface area contributed by atoms with Crippen LogP contribution >= 0.6 is 11.3 Å². The molecule has 2 aromatic heterocycles. The van der Waals surface area contributed by atoms with Crippen LogP contribution in [-0.4, -0.2) is 15.0 Å². The third-order valence-electron chi connectivity index (χ3n) is 4.24. The van der Waals surface area contributed by atoms with E-state index in [1.807, 2.05) is 78.9 Å². The third kappa shape index (κ3) is 3.93. The first-order valence-electron chi connectivity index (χ1n) is 9.12. The van der Waals surface area contributed by atoms with Crippen molar-refractivity contribution >= 4 is 33.2 Å². The normalized spacial score (nSPS) is 10.8. The van der Waals surface area contributed by atoms with Crippen LogP contribution in [0, 0.1) is 0 Å². The van der Waals surface area contributed by atoms with Crippen molar-refractivity contribution in [2.45, 2.75) is 0 Å². The third-order valence-corrected chi connectivity index (χ3v) is 5.30. The molecule has 0 aliphatic carbocycles. The first-order valence-corrected chi connectivity index (χ1v) is 9.94. The highest BCUT2D eigenvalue weighted by Crippen LogP contribution is 2.30. The first-order chi connectivity index (χ1) is 14.3. The van der Waals surface area contributed by atoms with Gasteiger partial charge in [-0.15, -0.1) is 11.3 Å². The van der Waals surface area contributed by atoms with Gasteiger partial charge in [0.05, 0.1) is 10.2 Å². The molecule has 2 heterocycles. The zero-order valence-corrected chi connectivity index (χ0v) is 16.1. The van der Waals surface area contributed by atoms with Crippen molar-refractivity contribution in [3.05, 3.63) is 91.1 Å². The predicted molar refractivity (Wildman–Crippen MR) is 117 cm³/mol. The molecule has 3 aromatic carbocycles. The maximum atomic E-state index is 5.89. The van der Waals surface area contributed by atoms with E-state index in [1.54, 1.807) is 17.5 Å². The van der Waals surface area contributed by atoms with Gasteiger partial charge < -0.3 is 10.1 Å². The second kappa shape index (κ2) is 7.69. The molecule has 0 unspecified atom stereocenters. The molecule has 6 heteroatoms. The van der Waals surface area contributed by atoms with E-state index in [-0.39, 0.29) is 0 Å². The second-order valence-electron chi connectivity index (χ2n) is 6.32. The van der Waals surface area contributed by atoms with E-state index in [9.17, 15) is 0 Å². The Bertz CT molecular complexity index is 1240. The Morgan fingerprint density at radius 3 is 2.48 bits per heavy atom. The number of benzene rings is 3. The van der Waals surface area contributed by atoms with Crippen LogP contribution in [-0.2, 0) is 0 Å². The molecule has 5 rings (SSSR count). The lowest BCUT2D eigenvalue weighted by atomic mass is 10.3. The van der Waals surface area contributed by atoms with E-state index in [2.05, 4.69) is 26.3 Å². The fourth-order valence-electron chi connectivity index (χ4n) is 2.91. The molecule has 0 aliphatic heterocycles. The molecule has 0 radical (unpaired) electrons. The summed E-state index contributed by atoms with van der Waals surface area (Å²) >= 11 is 1.62. The zero-order valence-electron chi connectivity index (χ0n) is 15.3. The largest absolute Gasteiger partial charge is 0.457 e. The average Bonchev–Trinajstić information content (AvgIpc) is 3.19. The number of ether oxygens (including phenoxy) is 1. The van der Waals surface area contributed by atoms with Crippen LogP contribution in [0.1, 0.15) is 0 Å². The first kappa shape index (κ1) is 17.3. The fourth-order valence-corrected chi connectivity index (χ4v) is 3.85. The molecule has 0 atom stereocenters. The van der Waals surface area contributed by atoms with Crippen molar-refractivity contribution < 1.29 is 4.74 Å². The predicted octanol–water partition coefficient (Wildman–Crippen LogP) is 6.29. The standard InChI is InChI=1S/C23H16N4OS/c1-2-8-17(9-3-1)28-18-10-6-7-16(15-18)25-23-24-14-13-20(27-23)22-26-19-11-4-5-12-21(19)29-22/h1-15H,(H,24,25,27). The van der Waals surface area contributed by atoms with E-state index in [0.717, 1.165) is 38.1 Å². The molecular weight excluding hydrogens is 380 g/mol. The van der Waals surface area contributed by atoms with Gasteiger partial charge in [0.15, 0.2) is 0 Å². The van der Waals surface area contributed by atoms with Gasteiger partial charge in [0, 0.05) is 18.0 Å². The minimum absolute atomic E-state index is 0.513. The molecule has 29 heavy (non-hydrogen) atoms. The van der Waals surface area contributed by atoms with Crippen LogP contribution in [0.25, 0.3) is 20.9 Å². The van der Waals surface area contributed by atoms with E-state index < -0.39 is 0 Å². The highest BCUT2D eigenvalue weighted by molar-refractivity contribution is 7.21. The van der Waals surface area contributed by atoms with Crippen LogP contribution in [0.15, 0.2) is 91.1 Å². The van der Waals surface area contributed by atoms with E-state index in [4.69, 9.17) is 4.74 Å². The molecule has 0 saturated heterocycles. The minimum atomic E-state index is 0.513. The molecule has 0 amide bonds. The van der Waals surface area contributed by atoms with Crippen LogP contribution in [0.3, 0.4) is 0 Å². The Hall–Kier alpha value is -3.77. The molecule has 0 fully saturated rings. The highest BCUT2D eigenvalue weighted by atomic mass is 32.1. The highest BCUT2D eigenvalue weighted by Gasteiger charge is 2.09. The number of para-hydroxylation sites is 2. The van der Waals surface area contributed by atoms with E-state index in [0.29, 0.717) is 5.95 Å². The maximum absolute atomic E-state index is 5.89. The summed E-state index contributed by atoms with van der Waals surface area (Å²) in [6.07, 6.45) is 1.74. The number of hydrogen-bond acceptors (Lipinski definition) is 6. The fraction of sp³-hybridized carbons (Fsp3) is 0. The molecule has 1 N–H and O–H groups in total. The molecule has 5 nitrogen and oxygen atoms in total.